The Morgan fingerprint density at radius 3 is 2.74 bits per heavy atom. The third-order valence-electron chi connectivity index (χ3n) is 7.08. The van der Waals surface area contributed by atoms with E-state index >= 15 is 0 Å². The minimum absolute atomic E-state index is 0.265. The summed E-state index contributed by atoms with van der Waals surface area (Å²) in [6, 6.07) is 5.24. The fraction of sp³-hybridized carbons (Fsp3) is 0.417. The second-order valence-electron chi connectivity index (χ2n) is 9.27. The molecule has 0 aliphatic carbocycles. The Kier molecular flexibility index (Phi) is 5.24. The second kappa shape index (κ2) is 8.43. The van der Waals surface area contributed by atoms with Crippen LogP contribution in [0.25, 0.3) is 17.0 Å². The number of anilines is 1. The first-order valence-electron chi connectivity index (χ1n) is 11.7. The topological polar surface area (TPSA) is 78.2 Å². The summed E-state index contributed by atoms with van der Waals surface area (Å²) < 4.78 is 30.1. The number of rotatable bonds is 4. The fourth-order valence-corrected chi connectivity index (χ4v) is 5.18. The molecule has 8 nitrogen and oxygen atoms in total. The van der Waals surface area contributed by atoms with Crippen molar-refractivity contribution in [2.75, 3.05) is 31.6 Å². The molecule has 10 heteroatoms. The highest BCUT2D eigenvalue weighted by molar-refractivity contribution is 5.73. The van der Waals surface area contributed by atoms with Crippen LogP contribution >= 0.6 is 0 Å². The Morgan fingerprint density at radius 2 is 1.88 bits per heavy atom. The van der Waals surface area contributed by atoms with Crippen molar-refractivity contribution in [3.63, 3.8) is 0 Å². The van der Waals surface area contributed by atoms with Gasteiger partial charge in [-0.1, -0.05) is 0 Å². The predicted molar refractivity (Wildman–Crippen MR) is 124 cm³/mol. The number of fused-ring (bicyclic) bond motifs is 1. The molecule has 4 aromatic rings. The normalized spacial score (nSPS) is 20.0. The van der Waals surface area contributed by atoms with Gasteiger partial charge in [0.05, 0.1) is 17.8 Å². The van der Waals surface area contributed by atoms with Crippen molar-refractivity contribution in [2.24, 2.45) is 0 Å². The van der Waals surface area contributed by atoms with Crippen LogP contribution in [0, 0.1) is 11.6 Å². The van der Waals surface area contributed by atoms with Gasteiger partial charge in [-0.05, 0) is 70.1 Å². The molecule has 6 rings (SSSR count). The van der Waals surface area contributed by atoms with E-state index in [1.165, 1.54) is 12.1 Å². The molecular weight excluding hydrogens is 438 g/mol. The molecule has 0 bridgehead atoms. The molecule has 0 radical (unpaired) electrons. The third kappa shape index (κ3) is 3.71. The first-order chi connectivity index (χ1) is 16.6. The summed E-state index contributed by atoms with van der Waals surface area (Å²) in [5.41, 5.74) is 1.78. The molecule has 2 aliphatic heterocycles. The van der Waals surface area contributed by atoms with Crippen molar-refractivity contribution in [3.8, 4) is 11.4 Å². The summed E-state index contributed by atoms with van der Waals surface area (Å²) in [5, 5.41) is 13.2. The number of nitrogens with one attached hydrogen (secondary N) is 1. The molecule has 2 saturated heterocycles. The van der Waals surface area contributed by atoms with E-state index < -0.39 is 11.6 Å². The molecule has 5 heterocycles. The van der Waals surface area contributed by atoms with Crippen LogP contribution in [-0.2, 0) is 0 Å². The summed E-state index contributed by atoms with van der Waals surface area (Å²) in [6.07, 6.45) is 7.29. The summed E-state index contributed by atoms with van der Waals surface area (Å²) >= 11 is 0. The second-order valence-corrected chi connectivity index (χ2v) is 9.27. The molecule has 0 spiro atoms. The predicted octanol–water partition coefficient (Wildman–Crippen LogP) is 3.94. The third-order valence-corrected chi connectivity index (χ3v) is 7.08. The smallest absolute Gasteiger partial charge is 0.168 e. The number of aromatic nitrogens is 6. The van der Waals surface area contributed by atoms with E-state index in [0.717, 1.165) is 62.8 Å². The summed E-state index contributed by atoms with van der Waals surface area (Å²) in [4.78, 5) is 12.6. The number of hydrogen-bond donors (Lipinski definition) is 1. The van der Waals surface area contributed by atoms with Crippen LogP contribution in [0.4, 0.5) is 14.6 Å². The molecule has 2 aliphatic rings. The van der Waals surface area contributed by atoms with Gasteiger partial charge in [-0.15, -0.1) is 10.2 Å². The molecule has 176 valence electrons. The van der Waals surface area contributed by atoms with Crippen LogP contribution < -0.4 is 4.90 Å². The Bertz CT molecular complexity index is 1320. The lowest BCUT2D eigenvalue weighted by molar-refractivity contribution is 0.251. The summed E-state index contributed by atoms with van der Waals surface area (Å²) in [6.45, 7) is 2.81. The van der Waals surface area contributed by atoms with Gasteiger partial charge in [-0.25, -0.2) is 18.3 Å². The number of hydrogen-bond acceptors (Lipinski definition) is 6. The van der Waals surface area contributed by atoms with Gasteiger partial charge in [-0.2, -0.15) is 5.10 Å². The quantitative estimate of drug-likeness (QED) is 0.493. The maximum atomic E-state index is 14.5. The van der Waals surface area contributed by atoms with E-state index in [1.54, 1.807) is 10.7 Å². The average Bonchev–Trinajstić information content (AvgIpc) is 3.60. The lowest BCUT2D eigenvalue weighted by Crippen LogP contribution is -2.29. The Morgan fingerprint density at radius 1 is 1.03 bits per heavy atom. The van der Waals surface area contributed by atoms with Crippen LogP contribution in [0.1, 0.15) is 49.0 Å². The van der Waals surface area contributed by atoms with E-state index in [0.29, 0.717) is 28.8 Å². The van der Waals surface area contributed by atoms with Crippen LogP contribution in [-0.4, -0.2) is 61.4 Å². The minimum atomic E-state index is -0.435. The molecule has 1 aromatic carbocycles. The number of likely N-dealkylation sites (tertiary alicyclic amines) is 1. The van der Waals surface area contributed by atoms with E-state index in [9.17, 15) is 8.78 Å². The number of halogens is 2. The number of nitrogens with zero attached hydrogens (tertiary/aromatic N) is 7. The van der Waals surface area contributed by atoms with Crippen molar-refractivity contribution in [1.82, 2.24) is 34.7 Å². The zero-order valence-electron chi connectivity index (χ0n) is 19.0. The molecule has 34 heavy (non-hydrogen) atoms. The Hall–Kier alpha value is -3.40. The van der Waals surface area contributed by atoms with Gasteiger partial charge in [0, 0.05) is 24.2 Å². The highest BCUT2D eigenvalue weighted by atomic mass is 19.1. The average molecular weight is 465 g/mol. The van der Waals surface area contributed by atoms with E-state index in [-0.39, 0.29) is 6.04 Å². The molecule has 1 N–H and O–H groups in total. The van der Waals surface area contributed by atoms with Gasteiger partial charge < -0.3 is 14.8 Å². The lowest BCUT2D eigenvalue weighted by Gasteiger charge is -2.27. The molecule has 0 amide bonds. The van der Waals surface area contributed by atoms with E-state index in [4.69, 9.17) is 4.98 Å². The molecule has 2 fully saturated rings. The maximum Gasteiger partial charge on any atom is 0.168 e. The molecule has 3 aromatic heterocycles. The number of H-pyrrole nitrogens is 1. The highest BCUT2D eigenvalue weighted by Crippen LogP contribution is 2.37. The van der Waals surface area contributed by atoms with Crippen LogP contribution in [0.5, 0.6) is 0 Å². The van der Waals surface area contributed by atoms with Crippen LogP contribution in [0.15, 0.2) is 36.7 Å². The van der Waals surface area contributed by atoms with Gasteiger partial charge in [0.2, 0.25) is 0 Å². The van der Waals surface area contributed by atoms with Crippen molar-refractivity contribution < 1.29 is 8.78 Å². The van der Waals surface area contributed by atoms with Gasteiger partial charge >= 0.3 is 0 Å². The molecule has 0 saturated carbocycles. The van der Waals surface area contributed by atoms with Crippen molar-refractivity contribution in [2.45, 2.75) is 37.6 Å². The van der Waals surface area contributed by atoms with Gasteiger partial charge in [0.1, 0.15) is 23.3 Å². The number of aromatic amines is 1. The SMILES string of the molecule is CN1CCC(c2nnc(-c3cnn4ccc(N5CCC[C@@H]5c5cc(F)ccc5F)nc34)[nH]2)CC1. The van der Waals surface area contributed by atoms with Crippen molar-refractivity contribution >= 4 is 11.5 Å². The molecule has 1 atom stereocenters. The Balaban J connectivity index is 1.32. The van der Waals surface area contributed by atoms with Gasteiger partial charge in [0.25, 0.3) is 0 Å². The number of benzene rings is 1. The van der Waals surface area contributed by atoms with Crippen LogP contribution in [0.3, 0.4) is 0 Å². The van der Waals surface area contributed by atoms with Crippen molar-refractivity contribution in [3.05, 3.63) is 59.7 Å². The largest absolute Gasteiger partial charge is 0.349 e. The first kappa shape index (κ1) is 21.2. The zero-order chi connectivity index (χ0) is 23.2. The minimum Gasteiger partial charge on any atom is -0.349 e. The standard InChI is InChI=1S/C24H26F2N8/c1-32-10-6-15(7-11-32)22-29-23(31-30-22)18-14-27-34-12-8-21(28-24(18)34)33-9-2-3-20(33)17-13-16(25)4-5-19(17)26/h4-5,8,12-15,20H,2-3,6-7,9-11H2,1H3,(H,29,30,31)/t20-/m1/s1. The molecule has 0 unspecified atom stereocenters. The first-order valence-corrected chi connectivity index (χ1v) is 11.7. The number of piperidine rings is 1. The zero-order valence-corrected chi connectivity index (χ0v) is 19.0. The van der Waals surface area contributed by atoms with Crippen LogP contribution in [0.2, 0.25) is 0 Å². The summed E-state index contributed by atoms with van der Waals surface area (Å²) in [5.74, 6) is 1.79. The van der Waals surface area contributed by atoms with Crippen molar-refractivity contribution in [1.29, 1.82) is 0 Å². The summed E-state index contributed by atoms with van der Waals surface area (Å²) in [7, 11) is 2.14. The van der Waals surface area contributed by atoms with Gasteiger partial charge in [0.15, 0.2) is 11.5 Å². The van der Waals surface area contributed by atoms with E-state index in [2.05, 4.69) is 32.2 Å². The molecular formula is C24H26F2N8. The van der Waals surface area contributed by atoms with Gasteiger partial charge in [-0.3, -0.25) is 0 Å². The maximum absolute atomic E-state index is 14.5. The Labute approximate surface area is 195 Å². The van der Waals surface area contributed by atoms with E-state index in [1.807, 2.05) is 17.2 Å². The fourth-order valence-electron chi connectivity index (χ4n) is 5.18. The lowest BCUT2D eigenvalue weighted by atomic mass is 9.97. The monoisotopic (exact) mass is 464 g/mol. The highest BCUT2D eigenvalue weighted by Gasteiger charge is 2.30.